The van der Waals surface area contributed by atoms with Crippen LogP contribution in [0.2, 0.25) is 0 Å². The van der Waals surface area contributed by atoms with Gasteiger partial charge in [0, 0.05) is 32.3 Å². The zero-order chi connectivity index (χ0) is 19.2. The summed E-state index contributed by atoms with van der Waals surface area (Å²) in [6.07, 6.45) is -3.72. The van der Waals surface area contributed by atoms with Gasteiger partial charge in [0.25, 0.3) is 0 Å². The Morgan fingerprint density at radius 3 is 2.50 bits per heavy atom. The van der Waals surface area contributed by atoms with Gasteiger partial charge in [0.1, 0.15) is 0 Å². The fourth-order valence-corrected chi connectivity index (χ4v) is 3.49. The summed E-state index contributed by atoms with van der Waals surface area (Å²) in [5.74, 6) is -0.943. The van der Waals surface area contributed by atoms with Gasteiger partial charge in [-0.25, -0.2) is 0 Å². The fraction of sp³-hybridized carbons (Fsp3) is 0.625. The maximum Gasteiger partial charge on any atom is 0.451 e. The Morgan fingerprint density at radius 2 is 1.92 bits per heavy atom. The summed E-state index contributed by atoms with van der Waals surface area (Å²) >= 11 is 0. The zero-order valence-corrected chi connectivity index (χ0v) is 15.1. The van der Waals surface area contributed by atoms with Crippen molar-refractivity contribution in [2.75, 3.05) is 6.54 Å². The number of alkyl halides is 3. The lowest BCUT2D eigenvalue weighted by Crippen LogP contribution is -2.42. The van der Waals surface area contributed by atoms with Gasteiger partial charge in [-0.3, -0.25) is 9.48 Å². The van der Waals surface area contributed by atoms with E-state index in [0.29, 0.717) is 6.42 Å². The van der Waals surface area contributed by atoms with Gasteiger partial charge in [0.2, 0.25) is 11.7 Å². The molecule has 2 aromatic heterocycles. The number of hydrogen-bond acceptors (Lipinski definition) is 4. The lowest BCUT2D eigenvalue weighted by atomic mass is 10.1. The molecule has 3 heterocycles. The Labute approximate surface area is 148 Å². The third kappa shape index (κ3) is 3.08. The molecule has 1 amide bonds. The maximum atomic E-state index is 13.0. The average Bonchev–Trinajstić information content (AvgIpc) is 3.08. The second-order valence-corrected chi connectivity index (χ2v) is 6.57. The van der Waals surface area contributed by atoms with Crippen molar-refractivity contribution in [2.24, 2.45) is 7.05 Å². The van der Waals surface area contributed by atoms with Crippen LogP contribution in [0.4, 0.5) is 13.2 Å². The minimum Gasteiger partial charge on any atom is -0.331 e. The quantitative estimate of drug-likeness (QED) is 0.831. The third-order valence-corrected chi connectivity index (χ3v) is 5.01. The van der Waals surface area contributed by atoms with Crippen molar-refractivity contribution < 1.29 is 18.0 Å². The van der Waals surface area contributed by atoms with E-state index in [-0.39, 0.29) is 31.2 Å². The van der Waals surface area contributed by atoms with Crippen molar-refractivity contribution >= 4 is 5.91 Å². The van der Waals surface area contributed by atoms with Crippen LogP contribution in [-0.2, 0) is 31.0 Å². The van der Waals surface area contributed by atoms with Gasteiger partial charge in [-0.05, 0) is 32.8 Å². The number of carbonyl (C=O) groups excluding carboxylic acids is 1. The molecule has 1 aliphatic heterocycles. The number of amides is 1. The first-order chi connectivity index (χ1) is 12.1. The molecule has 0 aromatic carbocycles. The van der Waals surface area contributed by atoms with E-state index in [1.165, 1.54) is 0 Å². The highest BCUT2D eigenvalue weighted by atomic mass is 19.4. The number of hydrogen-bond donors (Lipinski definition) is 0. The molecule has 0 aliphatic carbocycles. The molecule has 0 N–H and O–H groups in total. The van der Waals surface area contributed by atoms with Gasteiger partial charge in [-0.1, -0.05) is 0 Å². The van der Waals surface area contributed by atoms with Crippen molar-refractivity contribution in [3.63, 3.8) is 0 Å². The van der Waals surface area contributed by atoms with E-state index in [2.05, 4.69) is 15.3 Å². The van der Waals surface area contributed by atoms with Crippen LogP contribution in [0, 0.1) is 13.8 Å². The molecular formula is C16H21F3N6O. The Morgan fingerprint density at radius 1 is 1.23 bits per heavy atom. The fourth-order valence-electron chi connectivity index (χ4n) is 3.49. The van der Waals surface area contributed by atoms with Crippen LogP contribution in [0.3, 0.4) is 0 Å². The standard InChI is InChI=1S/C16H21F3N6O/c1-9-12(10(2)23(4)22-9)5-6-13(26)24-7-8-25-14(11(24)3)20-21-15(25)16(17,18)19/h11H,5-8H2,1-4H3. The summed E-state index contributed by atoms with van der Waals surface area (Å²) in [5, 5.41) is 11.3. The highest BCUT2D eigenvalue weighted by molar-refractivity contribution is 5.77. The number of carbonyl (C=O) groups is 1. The van der Waals surface area contributed by atoms with E-state index in [1.807, 2.05) is 20.9 Å². The van der Waals surface area contributed by atoms with E-state index in [4.69, 9.17) is 0 Å². The molecule has 26 heavy (non-hydrogen) atoms. The molecule has 7 nitrogen and oxygen atoms in total. The van der Waals surface area contributed by atoms with E-state index in [0.717, 1.165) is 21.5 Å². The van der Waals surface area contributed by atoms with Crippen LogP contribution in [0.25, 0.3) is 0 Å². The molecule has 3 rings (SSSR count). The van der Waals surface area contributed by atoms with E-state index < -0.39 is 18.0 Å². The highest BCUT2D eigenvalue weighted by Crippen LogP contribution is 2.33. The van der Waals surface area contributed by atoms with Gasteiger partial charge in [0.05, 0.1) is 11.7 Å². The number of rotatable bonds is 3. The lowest BCUT2D eigenvalue weighted by molar-refractivity contribution is -0.148. The third-order valence-electron chi connectivity index (χ3n) is 5.01. The molecule has 0 fully saturated rings. The molecule has 0 bridgehead atoms. The van der Waals surface area contributed by atoms with Crippen molar-refractivity contribution in [3.8, 4) is 0 Å². The first-order valence-corrected chi connectivity index (χ1v) is 8.40. The van der Waals surface area contributed by atoms with Crippen LogP contribution in [-0.4, -0.2) is 41.9 Å². The number of aromatic nitrogens is 5. The van der Waals surface area contributed by atoms with E-state index in [1.54, 1.807) is 16.5 Å². The maximum absolute atomic E-state index is 13.0. The van der Waals surface area contributed by atoms with Gasteiger partial charge in [-0.2, -0.15) is 18.3 Å². The van der Waals surface area contributed by atoms with Gasteiger partial charge >= 0.3 is 6.18 Å². The average molecular weight is 370 g/mol. The van der Waals surface area contributed by atoms with Crippen molar-refractivity contribution in [3.05, 3.63) is 28.6 Å². The van der Waals surface area contributed by atoms with Crippen molar-refractivity contribution in [2.45, 2.75) is 52.4 Å². The normalized spacial score (nSPS) is 17.5. The summed E-state index contributed by atoms with van der Waals surface area (Å²) < 4.78 is 41.7. The minimum atomic E-state index is -4.55. The first-order valence-electron chi connectivity index (χ1n) is 8.40. The topological polar surface area (TPSA) is 68.8 Å². The van der Waals surface area contributed by atoms with Crippen LogP contribution in [0.5, 0.6) is 0 Å². The molecule has 142 valence electrons. The van der Waals surface area contributed by atoms with E-state index >= 15 is 0 Å². The molecular weight excluding hydrogens is 349 g/mol. The summed E-state index contributed by atoms with van der Waals surface area (Å²) in [4.78, 5) is 14.2. The highest BCUT2D eigenvalue weighted by Gasteiger charge is 2.41. The molecule has 0 spiro atoms. The van der Waals surface area contributed by atoms with Crippen molar-refractivity contribution in [1.29, 1.82) is 0 Å². The molecule has 1 aliphatic rings. The molecule has 0 radical (unpaired) electrons. The largest absolute Gasteiger partial charge is 0.451 e. The van der Waals surface area contributed by atoms with Gasteiger partial charge in [0.15, 0.2) is 5.82 Å². The van der Waals surface area contributed by atoms with Gasteiger partial charge < -0.3 is 9.47 Å². The Kier molecular flexibility index (Phi) is 4.53. The first kappa shape index (κ1) is 18.4. The molecule has 2 aromatic rings. The number of fused-ring (bicyclic) bond motifs is 1. The number of halogens is 3. The molecule has 0 saturated carbocycles. The molecule has 1 unspecified atom stereocenters. The second-order valence-electron chi connectivity index (χ2n) is 6.57. The van der Waals surface area contributed by atoms with Crippen molar-refractivity contribution in [1.82, 2.24) is 29.4 Å². The Hall–Kier alpha value is -2.39. The molecule has 10 heteroatoms. The molecule has 0 saturated heterocycles. The lowest BCUT2D eigenvalue weighted by Gasteiger charge is -2.34. The summed E-state index contributed by atoms with van der Waals surface area (Å²) in [7, 11) is 1.85. The predicted molar refractivity (Wildman–Crippen MR) is 86.2 cm³/mol. The van der Waals surface area contributed by atoms with Crippen LogP contribution in [0.1, 0.15) is 48.0 Å². The van der Waals surface area contributed by atoms with Gasteiger partial charge in [-0.15, -0.1) is 10.2 Å². The number of nitrogens with zero attached hydrogens (tertiary/aromatic N) is 6. The monoisotopic (exact) mass is 370 g/mol. The van der Waals surface area contributed by atoms with Crippen LogP contribution in [0.15, 0.2) is 0 Å². The zero-order valence-electron chi connectivity index (χ0n) is 15.1. The summed E-state index contributed by atoms with van der Waals surface area (Å²) in [6, 6.07) is -0.545. The summed E-state index contributed by atoms with van der Waals surface area (Å²) in [6.45, 7) is 5.78. The Balaban J connectivity index is 1.73. The SMILES string of the molecule is Cc1nn(C)c(C)c1CCC(=O)N1CCn2c(nnc2C(F)(F)F)C1C. The molecule has 1 atom stereocenters. The predicted octanol–water partition coefficient (Wildman–Crippen LogP) is 2.18. The summed E-state index contributed by atoms with van der Waals surface area (Å²) in [5.41, 5.74) is 2.93. The minimum absolute atomic E-state index is 0.0399. The Bertz CT molecular complexity index is 838. The van der Waals surface area contributed by atoms with E-state index in [9.17, 15) is 18.0 Å². The van der Waals surface area contributed by atoms with Crippen LogP contribution < -0.4 is 0 Å². The van der Waals surface area contributed by atoms with Crippen LogP contribution >= 0.6 is 0 Å². The number of aryl methyl sites for hydroxylation is 2. The smallest absolute Gasteiger partial charge is 0.331 e. The second kappa shape index (κ2) is 6.40.